The van der Waals surface area contributed by atoms with Crippen molar-refractivity contribution in [3.8, 4) is 0 Å². The van der Waals surface area contributed by atoms with E-state index in [0.717, 1.165) is 6.42 Å². The molecule has 0 saturated carbocycles. The van der Waals surface area contributed by atoms with Crippen LogP contribution in [0.3, 0.4) is 0 Å². The van der Waals surface area contributed by atoms with Crippen molar-refractivity contribution in [2.45, 2.75) is 75.8 Å². The molecule has 0 fully saturated rings. The maximum absolute atomic E-state index is 11.4. The molecule has 0 rings (SSSR count). The maximum Gasteiger partial charge on any atom is 0.557 e. The Hall–Kier alpha value is -1.46. The molecular formula is C21H35F24N4O10P4Si+4. The quantitative estimate of drug-likeness (QED) is 0.0461. The molecule has 0 heterocycles. The van der Waals surface area contributed by atoms with Crippen molar-refractivity contribution in [2.75, 3.05) is 59.5 Å². The lowest BCUT2D eigenvalue weighted by Crippen LogP contribution is -2.17. The smallest absolute Gasteiger partial charge is 0.432 e. The van der Waals surface area contributed by atoms with Gasteiger partial charge >= 0.3 is 82.1 Å². The first-order valence-electron chi connectivity index (χ1n) is 14.8. The van der Waals surface area contributed by atoms with Gasteiger partial charge in [-0.1, -0.05) is 27.6 Å². The van der Waals surface area contributed by atoms with E-state index in [0.29, 0.717) is 6.61 Å². The molecule has 1 radical (unpaired) electrons. The maximum atomic E-state index is 11.4. The van der Waals surface area contributed by atoms with Gasteiger partial charge in [0.25, 0.3) is 0 Å². The second-order valence-corrected chi connectivity index (χ2v) is 15.8. The topological polar surface area (TPSA) is 210 Å². The van der Waals surface area contributed by atoms with Crippen LogP contribution in [0.25, 0.3) is 0 Å². The molecule has 64 heavy (non-hydrogen) atoms. The largest absolute Gasteiger partial charge is 0.557 e. The summed E-state index contributed by atoms with van der Waals surface area (Å²) in [6.07, 6.45) is -36.5. The van der Waals surface area contributed by atoms with Crippen molar-refractivity contribution in [3.05, 3.63) is 0 Å². The predicted molar refractivity (Wildman–Crippen MR) is 172 cm³/mol. The number of aliphatic hydroxyl groups excluding tert-OH is 1. The third-order valence-corrected chi connectivity index (χ3v) is 5.90. The molecular weight excluding hydrogens is 1080 g/mol. The number of alkyl halides is 24. The zero-order valence-electron chi connectivity index (χ0n) is 31.6. The molecule has 0 aliphatic heterocycles. The predicted octanol–water partition coefficient (Wildman–Crippen LogP) is 13.5. The number of halogens is 24. The summed E-state index contributed by atoms with van der Waals surface area (Å²) < 4.78 is 303. The van der Waals surface area contributed by atoms with Crippen molar-refractivity contribution in [2.24, 2.45) is 0 Å². The summed E-state index contributed by atoms with van der Waals surface area (Å²) in [6, 6.07) is 0. The molecule has 0 bridgehead atoms. The van der Waals surface area contributed by atoms with E-state index in [4.69, 9.17) is 30.5 Å². The lowest BCUT2D eigenvalue weighted by Gasteiger charge is -2.01. The molecule has 0 aliphatic rings. The van der Waals surface area contributed by atoms with Gasteiger partial charge in [0.15, 0.2) is 61.9 Å². The monoisotopic (exact) mass is 1110 g/mol. The van der Waals surface area contributed by atoms with Crippen molar-refractivity contribution < 1.29 is 151 Å². The van der Waals surface area contributed by atoms with Crippen LogP contribution < -0.4 is 0 Å². The number of rotatable bonds is 17. The van der Waals surface area contributed by atoms with E-state index in [9.17, 15) is 105 Å². The van der Waals surface area contributed by atoms with E-state index in [2.05, 4.69) is 36.2 Å². The molecule has 0 aromatic carbocycles. The normalized spacial score (nSPS) is 12.4. The fraction of sp³-hybridized carbons (Fsp3) is 1.00. The Morgan fingerprint density at radius 1 is 0.344 bits per heavy atom. The SMILES string of the molecule is CCCO.C[Si](C)O.N=[P+](OCC(F)(F)F)OCC(F)(F)F.N=[P+](OCC(F)(F)F)OCC(F)(F)F.N=[P+](OCC(F)(F)F)OCC(F)(F)F.N=[P+](OCC(F)(F)F)OCC(F)(F)F. The molecule has 0 aromatic heterocycles. The Morgan fingerprint density at radius 2 is 0.422 bits per heavy atom. The summed E-state index contributed by atoms with van der Waals surface area (Å²) in [7, 11) is -12.5. The first-order valence-corrected chi connectivity index (χ1v) is 21.9. The Morgan fingerprint density at radius 3 is 0.469 bits per heavy atom. The van der Waals surface area contributed by atoms with Gasteiger partial charge < -0.3 is 9.90 Å². The Labute approximate surface area is 349 Å². The molecule has 0 spiro atoms. The van der Waals surface area contributed by atoms with E-state index in [-0.39, 0.29) is 0 Å². The number of hydrogen-bond donors (Lipinski definition) is 6. The number of hydrogen-bond acceptors (Lipinski definition) is 14. The van der Waals surface area contributed by atoms with Gasteiger partial charge in [0.1, 0.15) is 0 Å². The van der Waals surface area contributed by atoms with E-state index < -0.39 is 144 Å². The molecule has 0 amide bonds. The average Bonchev–Trinajstić information content (AvgIpc) is 3.06. The summed E-state index contributed by atoms with van der Waals surface area (Å²) in [6.45, 7) is -8.43. The lowest BCUT2D eigenvalue weighted by atomic mass is 10.5. The van der Waals surface area contributed by atoms with Crippen LogP contribution in [0, 0.1) is 20.6 Å². The van der Waals surface area contributed by atoms with Gasteiger partial charge in [-0.3, -0.25) is 0 Å². The second kappa shape index (κ2) is 35.6. The van der Waals surface area contributed by atoms with Crippen LogP contribution in [0.5, 0.6) is 0 Å². The Balaban J connectivity index is -0.000000165. The highest BCUT2D eigenvalue weighted by atomic mass is 31.1. The molecule has 6 N–H and O–H groups in total. The summed E-state index contributed by atoms with van der Waals surface area (Å²) in [4.78, 5) is 8.16. The second-order valence-electron chi connectivity index (χ2n) is 9.81. The van der Waals surface area contributed by atoms with Crippen molar-refractivity contribution in [1.29, 1.82) is 20.6 Å². The molecule has 0 atom stereocenters. The van der Waals surface area contributed by atoms with Crippen LogP contribution in [0.2, 0.25) is 13.1 Å². The van der Waals surface area contributed by atoms with Crippen LogP contribution in [0.4, 0.5) is 105 Å². The highest BCUT2D eigenvalue weighted by Crippen LogP contribution is 2.34. The number of nitrogens with one attached hydrogen (secondary N) is 4. The zero-order chi connectivity index (χ0) is 52.6. The minimum atomic E-state index is -4.68. The third kappa shape index (κ3) is 95.0. The van der Waals surface area contributed by atoms with Gasteiger partial charge in [0, 0.05) is 6.61 Å². The van der Waals surface area contributed by atoms with Crippen LogP contribution in [-0.2, 0) is 36.2 Å². The standard InChI is InChI=1S/4C4H5F6NO2P.C3H8O.C2H7OSi/c4*5-3(6,7)1-12-14(11)13-2-4(8,9)10;1-2-3-4;1-4(2)3/h4*11H,1-2H2;4H,2-3H2,1H3;3H,1-2H3/q4*+1;;. The van der Waals surface area contributed by atoms with Crippen LogP contribution in [-0.4, -0.2) is 128 Å². The van der Waals surface area contributed by atoms with Gasteiger partial charge in [-0.25, -0.2) is 0 Å². The van der Waals surface area contributed by atoms with E-state index in [1.165, 1.54) is 0 Å². The van der Waals surface area contributed by atoms with Crippen LogP contribution >= 0.6 is 32.7 Å². The van der Waals surface area contributed by atoms with Crippen molar-refractivity contribution in [1.82, 2.24) is 0 Å². The molecule has 0 unspecified atom stereocenters. The summed E-state index contributed by atoms with van der Waals surface area (Å²) in [5, 5.41) is 34.1. The minimum absolute atomic E-state index is 0.319. The first-order chi connectivity index (χ1) is 28.1. The minimum Gasteiger partial charge on any atom is -0.432 e. The Kier molecular flexibility index (Phi) is 41.3. The fourth-order valence-corrected chi connectivity index (χ4v) is 3.61. The highest BCUT2D eigenvalue weighted by molar-refractivity contribution is 7.35. The first kappa shape index (κ1) is 74.1. The van der Waals surface area contributed by atoms with E-state index >= 15 is 0 Å². The molecule has 0 saturated heterocycles. The highest BCUT2D eigenvalue weighted by Gasteiger charge is 2.40. The van der Waals surface area contributed by atoms with Crippen molar-refractivity contribution >= 4 is 41.7 Å². The van der Waals surface area contributed by atoms with Crippen LogP contribution in [0.15, 0.2) is 0 Å². The van der Waals surface area contributed by atoms with E-state index in [1.54, 1.807) is 0 Å². The molecule has 387 valence electrons. The van der Waals surface area contributed by atoms with Gasteiger partial charge in [-0.2, -0.15) is 105 Å². The lowest BCUT2D eigenvalue weighted by molar-refractivity contribution is -0.163. The van der Waals surface area contributed by atoms with Gasteiger partial charge in [-0.15, -0.1) is 36.2 Å². The summed E-state index contributed by atoms with van der Waals surface area (Å²) >= 11 is 0. The molecule has 0 aromatic rings. The summed E-state index contributed by atoms with van der Waals surface area (Å²) in [5.74, 6) is 0. The van der Waals surface area contributed by atoms with E-state index in [1.807, 2.05) is 20.0 Å². The summed E-state index contributed by atoms with van der Waals surface area (Å²) in [5.41, 5.74) is 0. The van der Waals surface area contributed by atoms with Gasteiger partial charge in [-0.05, 0) is 19.5 Å². The van der Waals surface area contributed by atoms with Crippen molar-refractivity contribution in [3.63, 3.8) is 0 Å². The fourth-order valence-electron chi connectivity index (χ4n) is 1.20. The van der Waals surface area contributed by atoms with Gasteiger partial charge in [0.05, 0.1) is 0 Å². The molecule has 0 aliphatic carbocycles. The molecule has 43 heteroatoms. The van der Waals surface area contributed by atoms with Gasteiger partial charge in [0.2, 0.25) is 0 Å². The third-order valence-electron chi connectivity index (χ3n) is 2.99. The Bertz CT molecular complexity index is 994. The zero-order valence-corrected chi connectivity index (χ0v) is 36.2. The number of aliphatic hydroxyl groups is 1. The van der Waals surface area contributed by atoms with Crippen LogP contribution in [0.1, 0.15) is 13.3 Å². The average molecular weight is 1110 g/mol. The molecule has 14 nitrogen and oxygen atoms in total.